The van der Waals surface area contributed by atoms with Crippen molar-refractivity contribution in [1.29, 1.82) is 0 Å². The zero-order valence-electron chi connectivity index (χ0n) is 14.5. The molecule has 128 valence electrons. The first kappa shape index (κ1) is 17.6. The fourth-order valence-electron chi connectivity index (χ4n) is 2.77. The van der Waals surface area contributed by atoms with Gasteiger partial charge in [0.25, 0.3) is 0 Å². The van der Waals surface area contributed by atoms with Gasteiger partial charge in [0.2, 0.25) is 0 Å². The number of guanidine groups is 1. The highest BCUT2D eigenvalue weighted by molar-refractivity contribution is 5.80. The van der Waals surface area contributed by atoms with Crippen LogP contribution in [-0.2, 0) is 4.74 Å². The van der Waals surface area contributed by atoms with Gasteiger partial charge in [-0.3, -0.25) is 0 Å². The largest absolute Gasteiger partial charge is 0.492 e. The van der Waals surface area contributed by atoms with Crippen molar-refractivity contribution in [2.75, 3.05) is 46.5 Å². The van der Waals surface area contributed by atoms with E-state index in [9.17, 15) is 0 Å². The maximum Gasteiger partial charge on any atom is 0.194 e. The molecule has 1 fully saturated rings. The van der Waals surface area contributed by atoms with Crippen LogP contribution < -0.4 is 10.1 Å². The lowest BCUT2D eigenvalue weighted by Gasteiger charge is -2.21. The maximum absolute atomic E-state index is 5.74. The van der Waals surface area contributed by atoms with Crippen LogP contribution in [0.1, 0.15) is 18.9 Å². The summed E-state index contributed by atoms with van der Waals surface area (Å²) >= 11 is 0. The number of nitrogens with one attached hydrogen (secondary N) is 1. The molecular weight excluding hydrogens is 290 g/mol. The van der Waals surface area contributed by atoms with Gasteiger partial charge in [-0.1, -0.05) is 17.7 Å². The predicted molar refractivity (Wildman–Crippen MR) is 94.2 cm³/mol. The van der Waals surface area contributed by atoms with E-state index in [1.807, 2.05) is 12.1 Å². The Labute approximate surface area is 139 Å². The number of benzene rings is 1. The van der Waals surface area contributed by atoms with Gasteiger partial charge in [0.15, 0.2) is 5.96 Å². The number of nitrogens with zero attached hydrogens (tertiary/aromatic N) is 2. The maximum atomic E-state index is 5.74. The van der Waals surface area contributed by atoms with E-state index in [4.69, 9.17) is 9.47 Å². The van der Waals surface area contributed by atoms with Gasteiger partial charge in [0, 0.05) is 32.7 Å². The smallest absolute Gasteiger partial charge is 0.194 e. The minimum Gasteiger partial charge on any atom is -0.492 e. The van der Waals surface area contributed by atoms with Crippen LogP contribution in [0, 0.1) is 12.8 Å². The quantitative estimate of drug-likeness (QED) is 0.476. The molecule has 2 rings (SSSR count). The van der Waals surface area contributed by atoms with E-state index in [1.165, 1.54) is 5.56 Å². The van der Waals surface area contributed by atoms with Gasteiger partial charge >= 0.3 is 0 Å². The van der Waals surface area contributed by atoms with E-state index < -0.39 is 0 Å². The summed E-state index contributed by atoms with van der Waals surface area (Å²) in [7, 11) is 1.77. The Bertz CT molecular complexity index is 488. The lowest BCUT2D eigenvalue weighted by molar-refractivity contribution is 0.157. The molecule has 5 heteroatoms. The second-order valence-electron chi connectivity index (χ2n) is 5.95. The summed E-state index contributed by atoms with van der Waals surface area (Å²) in [5, 5.41) is 3.37. The molecular formula is C18H29N3O2. The van der Waals surface area contributed by atoms with Crippen LogP contribution in [0.4, 0.5) is 0 Å². The van der Waals surface area contributed by atoms with Gasteiger partial charge < -0.3 is 19.7 Å². The third kappa shape index (κ3) is 5.75. The topological polar surface area (TPSA) is 46.1 Å². The first-order valence-corrected chi connectivity index (χ1v) is 8.44. The van der Waals surface area contributed by atoms with Crippen molar-refractivity contribution in [3.63, 3.8) is 0 Å². The van der Waals surface area contributed by atoms with Crippen molar-refractivity contribution in [2.45, 2.75) is 20.3 Å². The van der Waals surface area contributed by atoms with E-state index in [0.29, 0.717) is 19.1 Å². The molecule has 0 bridgehead atoms. The fraction of sp³-hybridized carbons (Fsp3) is 0.611. The molecule has 0 aliphatic carbocycles. The first-order valence-electron chi connectivity index (χ1n) is 8.44. The average Bonchev–Trinajstić information content (AvgIpc) is 3.01. The molecule has 0 amide bonds. The van der Waals surface area contributed by atoms with Crippen LogP contribution in [0.25, 0.3) is 0 Å². The Morgan fingerprint density at radius 1 is 1.35 bits per heavy atom. The molecule has 0 aromatic heterocycles. The number of aliphatic imine (C=N–C) groups is 1. The van der Waals surface area contributed by atoms with E-state index >= 15 is 0 Å². The van der Waals surface area contributed by atoms with Crippen LogP contribution in [0.5, 0.6) is 5.75 Å². The normalized spacial score (nSPS) is 18.3. The highest BCUT2D eigenvalue weighted by atomic mass is 16.5. The number of likely N-dealkylation sites (tertiary alicyclic amines) is 1. The second kappa shape index (κ2) is 9.40. The molecule has 0 radical (unpaired) electrons. The Balaban J connectivity index is 1.80. The SMILES string of the molecule is CCNC(=NCCOc1ccc(C)cc1)N1CCC(COC)C1. The molecule has 0 spiro atoms. The fourth-order valence-corrected chi connectivity index (χ4v) is 2.77. The zero-order valence-corrected chi connectivity index (χ0v) is 14.5. The van der Waals surface area contributed by atoms with Gasteiger partial charge in [0.05, 0.1) is 13.2 Å². The number of ether oxygens (including phenoxy) is 2. The average molecular weight is 319 g/mol. The molecule has 1 saturated heterocycles. The molecule has 1 heterocycles. The molecule has 1 aromatic carbocycles. The number of hydrogen-bond donors (Lipinski definition) is 1. The molecule has 5 nitrogen and oxygen atoms in total. The molecule has 0 saturated carbocycles. The second-order valence-corrected chi connectivity index (χ2v) is 5.95. The Morgan fingerprint density at radius 3 is 2.83 bits per heavy atom. The Kier molecular flexibility index (Phi) is 7.20. The van der Waals surface area contributed by atoms with Crippen molar-refractivity contribution in [3.8, 4) is 5.75 Å². The third-order valence-corrected chi connectivity index (χ3v) is 3.97. The summed E-state index contributed by atoms with van der Waals surface area (Å²) in [6.07, 6.45) is 1.16. The van der Waals surface area contributed by atoms with Crippen molar-refractivity contribution >= 4 is 5.96 Å². The van der Waals surface area contributed by atoms with Crippen molar-refractivity contribution in [2.24, 2.45) is 10.9 Å². The number of rotatable bonds is 7. The molecule has 1 aromatic rings. The number of methoxy groups -OCH3 is 1. The Hall–Kier alpha value is -1.75. The van der Waals surface area contributed by atoms with Crippen LogP contribution in [-0.4, -0.2) is 57.4 Å². The lowest BCUT2D eigenvalue weighted by Crippen LogP contribution is -2.40. The van der Waals surface area contributed by atoms with E-state index in [-0.39, 0.29) is 0 Å². The third-order valence-electron chi connectivity index (χ3n) is 3.97. The van der Waals surface area contributed by atoms with Crippen molar-refractivity contribution < 1.29 is 9.47 Å². The molecule has 1 N–H and O–H groups in total. The molecule has 1 atom stereocenters. The van der Waals surface area contributed by atoms with Gasteiger partial charge in [-0.15, -0.1) is 0 Å². The minimum absolute atomic E-state index is 0.591. The monoisotopic (exact) mass is 319 g/mol. The van der Waals surface area contributed by atoms with Crippen LogP contribution in [0.2, 0.25) is 0 Å². The Morgan fingerprint density at radius 2 is 2.13 bits per heavy atom. The summed E-state index contributed by atoms with van der Waals surface area (Å²) in [5.74, 6) is 2.49. The summed E-state index contributed by atoms with van der Waals surface area (Å²) < 4.78 is 11.0. The molecule has 23 heavy (non-hydrogen) atoms. The zero-order chi connectivity index (χ0) is 16.5. The highest BCUT2D eigenvalue weighted by Gasteiger charge is 2.24. The molecule has 1 aliphatic heterocycles. The first-order chi connectivity index (χ1) is 11.2. The van der Waals surface area contributed by atoms with E-state index in [1.54, 1.807) is 7.11 Å². The summed E-state index contributed by atoms with van der Waals surface area (Å²) in [6, 6.07) is 8.12. The summed E-state index contributed by atoms with van der Waals surface area (Å²) in [4.78, 5) is 7.01. The highest BCUT2D eigenvalue weighted by Crippen LogP contribution is 2.16. The van der Waals surface area contributed by atoms with Gasteiger partial charge in [0.1, 0.15) is 12.4 Å². The summed E-state index contributed by atoms with van der Waals surface area (Å²) in [5.41, 5.74) is 1.24. The van der Waals surface area contributed by atoms with Crippen molar-refractivity contribution in [3.05, 3.63) is 29.8 Å². The summed E-state index contributed by atoms with van der Waals surface area (Å²) in [6.45, 7) is 9.17. The molecule has 1 unspecified atom stereocenters. The number of hydrogen-bond acceptors (Lipinski definition) is 3. The van der Waals surface area contributed by atoms with Gasteiger partial charge in [-0.05, 0) is 32.4 Å². The van der Waals surface area contributed by atoms with Crippen molar-refractivity contribution in [1.82, 2.24) is 10.2 Å². The number of aryl methyl sites for hydroxylation is 1. The lowest BCUT2D eigenvalue weighted by atomic mass is 10.1. The van der Waals surface area contributed by atoms with Gasteiger partial charge in [-0.25, -0.2) is 4.99 Å². The predicted octanol–water partition coefficient (Wildman–Crippen LogP) is 2.31. The van der Waals surface area contributed by atoms with Crippen LogP contribution in [0.3, 0.4) is 0 Å². The van der Waals surface area contributed by atoms with Crippen LogP contribution >= 0.6 is 0 Å². The van der Waals surface area contributed by atoms with E-state index in [0.717, 1.165) is 44.4 Å². The standard InChI is InChI=1S/C18H29N3O2/c1-4-19-18(21-11-9-16(13-21)14-22-3)20-10-12-23-17-7-5-15(2)6-8-17/h5-8,16H,4,9-14H2,1-3H3,(H,19,20). The van der Waals surface area contributed by atoms with Gasteiger partial charge in [-0.2, -0.15) is 0 Å². The van der Waals surface area contributed by atoms with E-state index in [2.05, 4.69) is 41.2 Å². The minimum atomic E-state index is 0.591. The molecule has 1 aliphatic rings. The van der Waals surface area contributed by atoms with Crippen LogP contribution in [0.15, 0.2) is 29.3 Å².